The molecule has 0 aliphatic carbocycles. The summed E-state index contributed by atoms with van der Waals surface area (Å²) in [5.74, 6) is 0.978. The zero-order valence-corrected chi connectivity index (χ0v) is 9.70. The SMILES string of the molecule is CCCC(N)Cc1ccccc1OCC. The van der Waals surface area contributed by atoms with Gasteiger partial charge < -0.3 is 10.5 Å². The second kappa shape index (κ2) is 6.46. The first kappa shape index (κ1) is 12.1. The topological polar surface area (TPSA) is 35.2 Å². The van der Waals surface area contributed by atoms with E-state index in [9.17, 15) is 0 Å². The summed E-state index contributed by atoms with van der Waals surface area (Å²) in [7, 11) is 0. The standard InChI is InChI=1S/C13H21NO/c1-3-7-12(14)10-11-8-5-6-9-13(11)15-4-2/h5-6,8-9,12H,3-4,7,10,14H2,1-2H3. The summed E-state index contributed by atoms with van der Waals surface area (Å²) in [4.78, 5) is 0. The Morgan fingerprint density at radius 3 is 2.67 bits per heavy atom. The fraction of sp³-hybridized carbons (Fsp3) is 0.538. The molecule has 0 spiro atoms. The van der Waals surface area contributed by atoms with E-state index in [0.29, 0.717) is 6.61 Å². The third kappa shape index (κ3) is 3.92. The van der Waals surface area contributed by atoms with Crippen molar-refractivity contribution in [2.75, 3.05) is 6.61 Å². The van der Waals surface area contributed by atoms with E-state index >= 15 is 0 Å². The van der Waals surface area contributed by atoms with Crippen molar-refractivity contribution in [3.63, 3.8) is 0 Å². The van der Waals surface area contributed by atoms with E-state index in [4.69, 9.17) is 10.5 Å². The molecule has 0 radical (unpaired) electrons. The van der Waals surface area contributed by atoms with E-state index < -0.39 is 0 Å². The van der Waals surface area contributed by atoms with Gasteiger partial charge in [-0.15, -0.1) is 0 Å². The molecule has 1 aromatic rings. The molecule has 2 nitrogen and oxygen atoms in total. The first-order valence-corrected chi connectivity index (χ1v) is 5.74. The van der Waals surface area contributed by atoms with Gasteiger partial charge in [0.05, 0.1) is 6.61 Å². The maximum absolute atomic E-state index is 6.03. The van der Waals surface area contributed by atoms with Crippen molar-refractivity contribution >= 4 is 0 Å². The minimum Gasteiger partial charge on any atom is -0.494 e. The molecule has 0 fully saturated rings. The largest absolute Gasteiger partial charge is 0.494 e. The molecular formula is C13H21NO. The third-order valence-electron chi connectivity index (χ3n) is 2.41. The summed E-state index contributed by atoms with van der Waals surface area (Å²) in [5, 5.41) is 0. The van der Waals surface area contributed by atoms with Gasteiger partial charge in [-0.3, -0.25) is 0 Å². The predicted octanol–water partition coefficient (Wildman–Crippen LogP) is 2.76. The van der Waals surface area contributed by atoms with Crippen molar-refractivity contribution in [3.05, 3.63) is 29.8 Å². The zero-order chi connectivity index (χ0) is 11.1. The molecule has 1 atom stereocenters. The molecule has 1 rings (SSSR count). The fourth-order valence-electron chi connectivity index (χ4n) is 1.72. The van der Waals surface area contributed by atoms with E-state index in [2.05, 4.69) is 13.0 Å². The molecule has 2 heteroatoms. The average Bonchev–Trinajstić information content (AvgIpc) is 2.21. The number of hydrogen-bond acceptors (Lipinski definition) is 2. The van der Waals surface area contributed by atoms with Gasteiger partial charge in [0, 0.05) is 6.04 Å². The van der Waals surface area contributed by atoms with Crippen molar-refractivity contribution in [1.29, 1.82) is 0 Å². The van der Waals surface area contributed by atoms with Crippen LogP contribution < -0.4 is 10.5 Å². The van der Waals surface area contributed by atoms with Crippen LogP contribution in [-0.4, -0.2) is 12.6 Å². The molecule has 84 valence electrons. The predicted molar refractivity (Wildman–Crippen MR) is 64.2 cm³/mol. The van der Waals surface area contributed by atoms with Gasteiger partial charge in [-0.25, -0.2) is 0 Å². The first-order valence-electron chi connectivity index (χ1n) is 5.74. The van der Waals surface area contributed by atoms with Crippen molar-refractivity contribution in [2.24, 2.45) is 5.73 Å². The minimum atomic E-state index is 0.247. The highest BCUT2D eigenvalue weighted by molar-refractivity contribution is 5.33. The molecule has 15 heavy (non-hydrogen) atoms. The summed E-state index contributed by atoms with van der Waals surface area (Å²) in [6, 6.07) is 8.39. The molecule has 2 N–H and O–H groups in total. The van der Waals surface area contributed by atoms with Gasteiger partial charge in [-0.2, -0.15) is 0 Å². The number of benzene rings is 1. The average molecular weight is 207 g/mol. The molecule has 0 saturated carbocycles. The van der Waals surface area contributed by atoms with Crippen LogP contribution in [0, 0.1) is 0 Å². The van der Waals surface area contributed by atoms with Crippen molar-refractivity contribution < 1.29 is 4.74 Å². The van der Waals surface area contributed by atoms with E-state index in [1.807, 2.05) is 25.1 Å². The third-order valence-corrected chi connectivity index (χ3v) is 2.41. The Kier molecular flexibility index (Phi) is 5.19. The second-order valence-electron chi connectivity index (χ2n) is 3.79. The van der Waals surface area contributed by atoms with Crippen LogP contribution in [0.2, 0.25) is 0 Å². The number of ether oxygens (including phenoxy) is 1. The van der Waals surface area contributed by atoms with Crippen LogP contribution in [0.5, 0.6) is 5.75 Å². The smallest absolute Gasteiger partial charge is 0.122 e. The number of hydrogen-bond donors (Lipinski definition) is 1. The van der Waals surface area contributed by atoms with Gasteiger partial charge in [-0.05, 0) is 31.4 Å². The van der Waals surface area contributed by atoms with Gasteiger partial charge in [-0.1, -0.05) is 31.5 Å². The Balaban J connectivity index is 2.66. The highest BCUT2D eigenvalue weighted by Gasteiger charge is 2.07. The van der Waals surface area contributed by atoms with Gasteiger partial charge in [0.1, 0.15) is 5.75 Å². The number of nitrogens with two attached hydrogens (primary N) is 1. The van der Waals surface area contributed by atoms with Crippen LogP contribution in [-0.2, 0) is 6.42 Å². The van der Waals surface area contributed by atoms with Gasteiger partial charge in [0.2, 0.25) is 0 Å². The van der Waals surface area contributed by atoms with Crippen LogP contribution in [0.15, 0.2) is 24.3 Å². The van der Waals surface area contributed by atoms with E-state index in [0.717, 1.165) is 25.0 Å². The Hall–Kier alpha value is -1.02. The summed E-state index contributed by atoms with van der Waals surface area (Å²) < 4.78 is 5.56. The van der Waals surface area contributed by atoms with Crippen molar-refractivity contribution in [3.8, 4) is 5.75 Å². The molecule has 0 heterocycles. The minimum absolute atomic E-state index is 0.247. The lowest BCUT2D eigenvalue weighted by Crippen LogP contribution is -2.22. The molecule has 1 unspecified atom stereocenters. The van der Waals surface area contributed by atoms with Crippen LogP contribution in [0.1, 0.15) is 32.3 Å². The molecule has 0 aliphatic rings. The lowest BCUT2D eigenvalue weighted by atomic mass is 10.0. The normalized spacial score (nSPS) is 12.5. The van der Waals surface area contributed by atoms with Gasteiger partial charge in [0.25, 0.3) is 0 Å². The van der Waals surface area contributed by atoms with E-state index in [1.165, 1.54) is 5.56 Å². The molecular weight excluding hydrogens is 186 g/mol. The molecule has 0 saturated heterocycles. The number of rotatable bonds is 6. The summed E-state index contributed by atoms with van der Waals surface area (Å²) in [6.07, 6.45) is 3.11. The summed E-state index contributed by atoms with van der Waals surface area (Å²) >= 11 is 0. The van der Waals surface area contributed by atoms with Crippen LogP contribution in [0.4, 0.5) is 0 Å². The number of para-hydroxylation sites is 1. The monoisotopic (exact) mass is 207 g/mol. The maximum Gasteiger partial charge on any atom is 0.122 e. The lowest BCUT2D eigenvalue weighted by molar-refractivity contribution is 0.335. The molecule has 0 amide bonds. The molecule has 0 bridgehead atoms. The second-order valence-corrected chi connectivity index (χ2v) is 3.79. The van der Waals surface area contributed by atoms with E-state index in [-0.39, 0.29) is 6.04 Å². The Labute approximate surface area is 92.4 Å². The quantitative estimate of drug-likeness (QED) is 0.778. The highest BCUT2D eigenvalue weighted by Crippen LogP contribution is 2.19. The van der Waals surface area contributed by atoms with Crippen molar-refractivity contribution in [2.45, 2.75) is 39.2 Å². The van der Waals surface area contributed by atoms with E-state index in [1.54, 1.807) is 0 Å². The summed E-state index contributed by atoms with van der Waals surface area (Å²) in [6.45, 7) is 4.87. The van der Waals surface area contributed by atoms with Gasteiger partial charge in [0.15, 0.2) is 0 Å². The Morgan fingerprint density at radius 2 is 2.00 bits per heavy atom. The van der Waals surface area contributed by atoms with Gasteiger partial charge >= 0.3 is 0 Å². The highest BCUT2D eigenvalue weighted by atomic mass is 16.5. The van der Waals surface area contributed by atoms with Crippen LogP contribution in [0.25, 0.3) is 0 Å². The van der Waals surface area contributed by atoms with Crippen LogP contribution >= 0.6 is 0 Å². The maximum atomic E-state index is 6.03. The fourth-order valence-corrected chi connectivity index (χ4v) is 1.72. The lowest BCUT2D eigenvalue weighted by Gasteiger charge is -2.14. The Morgan fingerprint density at radius 1 is 1.27 bits per heavy atom. The zero-order valence-electron chi connectivity index (χ0n) is 9.70. The summed E-state index contributed by atoms with van der Waals surface area (Å²) in [5.41, 5.74) is 7.25. The molecule has 0 aromatic heterocycles. The first-order chi connectivity index (χ1) is 7.27. The molecule has 1 aromatic carbocycles. The Bertz CT molecular complexity index is 286. The van der Waals surface area contributed by atoms with Crippen LogP contribution in [0.3, 0.4) is 0 Å². The molecule has 0 aliphatic heterocycles. The van der Waals surface area contributed by atoms with Crippen molar-refractivity contribution in [1.82, 2.24) is 0 Å².